The van der Waals surface area contributed by atoms with Gasteiger partial charge in [0.15, 0.2) is 5.96 Å². The lowest BCUT2D eigenvalue weighted by atomic mass is 10.1. The van der Waals surface area contributed by atoms with Gasteiger partial charge in [-0.15, -0.1) is 24.0 Å². The quantitative estimate of drug-likeness (QED) is 0.307. The molecule has 0 saturated heterocycles. The van der Waals surface area contributed by atoms with E-state index in [0.717, 1.165) is 60.4 Å². The summed E-state index contributed by atoms with van der Waals surface area (Å²) in [6, 6.07) is 10.7. The Bertz CT molecular complexity index is 1010. The van der Waals surface area contributed by atoms with E-state index in [2.05, 4.69) is 57.9 Å². The van der Waals surface area contributed by atoms with Crippen LogP contribution in [0.1, 0.15) is 36.1 Å². The van der Waals surface area contributed by atoms with E-state index in [-0.39, 0.29) is 30.0 Å². The number of nitrogens with one attached hydrogen (secondary N) is 2. The molecule has 0 radical (unpaired) electrons. The number of hydrogen-bond donors (Lipinski definition) is 2. The van der Waals surface area contributed by atoms with Gasteiger partial charge in [0.25, 0.3) is 0 Å². The van der Waals surface area contributed by atoms with Crippen molar-refractivity contribution in [1.29, 1.82) is 0 Å². The summed E-state index contributed by atoms with van der Waals surface area (Å²) in [6.07, 6.45) is 3.58. The van der Waals surface area contributed by atoms with Crippen LogP contribution >= 0.6 is 24.0 Å². The van der Waals surface area contributed by atoms with Crippen LogP contribution in [-0.4, -0.2) is 43.1 Å². The van der Waals surface area contributed by atoms with E-state index >= 15 is 0 Å². The van der Waals surface area contributed by atoms with E-state index in [0.29, 0.717) is 6.54 Å². The molecule has 3 aromatic rings. The summed E-state index contributed by atoms with van der Waals surface area (Å²) in [6.45, 7) is 8.37. The summed E-state index contributed by atoms with van der Waals surface area (Å²) >= 11 is 0. The first-order valence-corrected chi connectivity index (χ1v) is 10.2. The number of para-hydroxylation sites is 1. The summed E-state index contributed by atoms with van der Waals surface area (Å²) < 4.78 is 3.97. The number of halogens is 1. The third-order valence-corrected chi connectivity index (χ3v) is 5.13. The van der Waals surface area contributed by atoms with Crippen LogP contribution in [0.15, 0.2) is 41.7 Å². The summed E-state index contributed by atoms with van der Waals surface area (Å²) in [5, 5.41) is 15.9. The topological polar surface area (TPSA) is 84.9 Å². The van der Waals surface area contributed by atoms with Crippen LogP contribution in [0.3, 0.4) is 0 Å². The largest absolute Gasteiger partial charge is 0.357 e. The highest BCUT2D eigenvalue weighted by molar-refractivity contribution is 14.0. The number of aromatic nitrogens is 5. The zero-order chi connectivity index (χ0) is 20.2. The number of benzene rings is 1. The standard InChI is InChI=1S/C21H28N8.HI/c1-4-22-21(26-18-9-10-20-24-14-25-28(20)13-18)23-12-17-7-5-6-8-19(17)29-16(3)11-15(2)27-29;/h5-8,11,14,18H,4,9-10,12-13H2,1-3H3,(H2,22,23,26);1H. The molecule has 1 unspecified atom stereocenters. The monoisotopic (exact) mass is 520 g/mol. The van der Waals surface area contributed by atoms with Crippen LogP contribution in [0.4, 0.5) is 0 Å². The van der Waals surface area contributed by atoms with Crippen molar-refractivity contribution in [2.45, 2.75) is 52.7 Å². The second-order valence-corrected chi connectivity index (χ2v) is 7.40. The molecule has 0 spiro atoms. The molecule has 30 heavy (non-hydrogen) atoms. The van der Waals surface area contributed by atoms with Gasteiger partial charge in [-0.2, -0.15) is 10.2 Å². The lowest BCUT2D eigenvalue weighted by Gasteiger charge is -2.25. The fraction of sp³-hybridized carbons (Fsp3) is 0.429. The van der Waals surface area contributed by atoms with Crippen molar-refractivity contribution in [2.24, 2.45) is 4.99 Å². The SMILES string of the molecule is CCNC(=NCc1ccccc1-n1nc(C)cc1C)NC1CCc2ncnn2C1.I. The number of fused-ring (bicyclic) bond motifs is 1. The van der Waals surface area contributed by atoms with Gasteiger partial charge in [0.2, 0.25) is 0 Å². The highest BCUT2D eigenvalue weighted by atomic mass is 127. The van der Waals surface area contributed by atoms with Gasteiger partial charge >= 0.3 is 0 Å². The average Bonchev–Trinajstić information content (AvgIpc) is 3.31. The molecular weight excluding hydrogens is 491 g/mol. The molecule has 0 saturated carbocycles. The van der Waals surface area contributed by atoms with Gasteiger partial charge in [-0.05, 0) is 44.9 Å². The molecule has 0 aliphatic carbocycles. The molecule has 2 aromatic heterocycles. The molecular formula is C21H29IN8. The van der Waals surface area contributed by atoms with E-state index in [1.165, 1.54) is 0 Å². The van der Waals surface area contributed by atoms with Gasteiger partial charge in [-0.3, -0.25) is 0 Å². The predicted octanol–water partition coefficient (Wildman–Crippen LogP) is 2.77. The van der Waals surface area contributed by atoms with Crippen molar-refractivity contribution < 1.29 is 0 Å². The van der Waals surface area contributed by atoms with Crippen LogP contribution < -0.4 is 10.6 Å². The smallest absolute Gasteiger partial charge is 0.191 e. The van der Waals surface area contributed by atoms with Crippen molar-refractivity contribution >= 4 is 29.9 Å². The van der Waals surface area contributed by atoms with Crippen LogP contribution in [0.2, 0.25) is 0 Å². The Hall–Kier alpha value is -2.43. The van der Waals surface area contributed by atoms with Gasteiger partial charge in [0, 0.05) is 24.7 Å². The first kappa shape index (κ1) is 22.3. The lowest BCUT2D eigenvalue weighted by molar-refractivity contribution is 0.392. The lowest BCUT2D eigenvalue weighted by Crippen LogP contribution is -2.47. The van der Waals surface area contributed by atoms with Crippen molar-refractivity contribution in [3.63, 3.8) is 0 Å². The van der Waals surface area contributed by atoms with E-state index < -0.39 is 0 Å². The van der Waals surface area contributed by atoms with Crippen LogP contribution in [-0.2, 0) is 19.5 Å². The zero-order valence-corrected chi connectivity index (χ0v) is 20.0. The fourth-order valence-electron chi connectivity index (χ4n) is 3.76. The highest BCUT2D eigenvalue weighted by Gasteiger charge is 2.20. The fourth-order valence-corrected chi connectivity index (χ4v) is 3.76. The van der Waals surface area contributed by atoms with E-state index in [4.69, 9.17) is 4.99 Å². The van der Waals surface area contributed by atoms with Crippen LogP contribution in [0.25, 0.3) is 5.69 Å². The summed E-state index contributed by atoms with van der Waals surface area (Å²) in [7, 11) is 0. The number of rotatable bonds is 5. The Balaban J connectivity index is 0.00000256. The molecule has 1 aliphatic heterocycles. The van der Waals surface area contributed by atoms with Gasteiger partial charge in [0.05, 0.1) is 24.5 Å². The second kappa shape index (κ2) is 10.1. The minimum Gasteiger partial charge on any atom is -0.357 e. The van der Waals surface area contributed by atoms with Crippen LogP contribution in [0, 0.1) is 13.8 Å². The van der Waals surface area contributed by atoms with Crippen molar-refractivity contribution in [3.05, 3.63) is 59.4 Å². The molecule has 1 atom stereocenters. The summed E-state index contributed by atoms with van der Waals surface area (Å²) in [4.78, 5) is 9.15. The minimum atomic E-state index is 0. The molecule has 3 heterocycles. The minimum absolute atomic E-state index is 0. The Labute approximate surface area is 194 Å². The number of hydrogen-bond acceptors (Lipinski definition) is 4. The number of aliphatic imine (C=N–C) groups is 1. The maximum absolute atomic E-state index is 4.85. The summed E-state index contributed by atoms with van der Waals surface area (Å²) in [5.74, 6) is 1.88. The molecule has 2 N–H and O–H groups in total. The Morgan fingerprint density at radius 1 is 1.27 bits per heavy atom. The maximum Gasteiger partial charge on any atom is 0.191 e. The van der Waals surface area contributed by atoms with Crippen molar-refractivity contribution in [2.75, 3.05) is 6.54 Å². The van der Waals surface area contributed by atoms with Gasteiger partial charge in [-0.1, -0.05) is 18.2 Å². The molecule has 4 rings (SSSR count). The van der Waals surface area contributed by atoms with E-state index in [9.17, 15) is 0 Å². The Morgan fingerprint density at radius 3 is 2.87 bits per heavy atom. The predicted molar refractivity (Wildman–Crippen MR) is 129 cm³/mol. The van der Waals surface area contributed by atoms with Crippen LogP contribution in [0.5, 0.6) is 0 Å². The molecule has 1 aromatic carbocycles. The van der Waals surface area contributed by atoms with Crippen molar-refractivity contribution in [3.8, 4) is 5.69 Å². The average molecular weight is 520 g/mol. The van der Waals surface area contributed by atoms with E-state index in [1.54, 1.807) is 6.33 Å². The first-order valence-electron chi connectivity index (χ1n) is 10.2. The second-order valence-electron chi connectivity index (χ2n) is 7.40. The molecule has 0 bridgehead atoms. The maximum atomic E-state index is 4.85. The first-order chi connectivity index (χ1) is 14.1. The molecule has 0 amide bonds. The normalized spacial score (nSPS) is 16.0. The molecule has 8 nitrogen and oxygen atoms in total. The highest BCUT2D eigenvalue weighted by Crippen LogP contribution is 2.18. The number of nitrogens with zero attached hydrogens (tertiary/aromatic N) is 6. The molecule has 9 heteroatoms. The van der Waals surface area contributed by atoms with Crippen molar-refractivity contribution in [1.82, 2.24) is 35.2 Å². The third kappa shape index (κ3) is 5.00. The Kier molecular flexibility index (Phi) is 7.46. The van der Waals surface area contributed by atoms with Gasteiger partial charge < -0.3 is 10.6 Å². The molecule has 160 valence electrons. The van der Waals surface area contributed by atoms with E-state index in [1.807, 2.05) is 28.4 Å². The zero-order valence-electron chi connectivity index (χ0n) is 17.7. The number of guanidine groups is 1. The van der Waals surface area contributed by atoms with Gasteiger partial charge in [0.1, 0.15) is 12.2 Å². The third-order valence-electron chi connectivity index (χ3n) is 5.13. The number of aryl methyl sites for hydroxylation is 3. The Morgan fingerprint density at radius 2 is 2.10 bits per heavy atom. The molecule has 1 aliphatic rings. The van der Waals surface area contributed by atoms with Gasteiger partial charge in [-0.25, -0.2) is 19.3 Å². The summed E-state index contributed by atoms with van der Waals surface area (Å²) in [5.41, 5.74) is 4.34. The molecule has 0 fully saturated rings.